The van der Waals surface area contributed by atoms with Gasteiger partial charge in [-0.25, -0.2) is 0 Å². The summed E-state index contributed by atoms with van der Waals surface area (Å²) in [5, 5.41) is 21.7. The van der Waals surface area contributed by atoms with E-state index in [1.807, 2.05) is 31.2 Å². The van der Waals surface area contributed by atoms with Crippen molar-refractivity contribution < 1.29 is 24.5 Å². The Hall–Kier alpha value is -2.87. The number of hydrogen-bond donors (Lipinski definition) is 2. The molecule has 2 aromatic carbocycles. The van der Waals surface area contributed by atoms with Crippen molar-refractivity contribution in [2.24, 2.45) is 0 Å². The first-order chi connectivity index (χ1) is 15.9. The fourth-order valence-electron chi connectivity index (χ4n) is 4.34. The number of hydrogen-bond acceptors (Lipinski definition) is 6. The van der Waals surface area contributed by atoms with E-state index in [0.29, 0.717) is 36.8 Å². The predicted octanol–water partition coefficient (Wildman–Crippen LogP) is 3.50. The lowest BCUT2D eigenvalue weighted by atomic mass is 9.94. The number of carbonyl (C=O) groups is 2. The van der Waals surface area contributed by atoms with Crippen LogP contribution in [0.3, 0.4) is 0 Å². The molecule has 0 spiro atoms. The number of amides is 1. The molecule has 2 saturated heterocycles. The van der Waals surface area contributed by atoms with E-state index in [2.05, 4.69) is 4.90 Å². The second kappa shape index (κ2) is 9.95. The summed E-state index contributed by atoms with van der Waals surface area (Å²) in [5.74, 6) is -2.10. The number of morpholine rings is 1. The minimum atomic E-state index is -0.774. The van der Waals surface area contributed by atoms with Gasteiger partial charge in [0.1, 0.15) is 11.5 Å². The van der Waals surface area contributed by atoms with Crippen molar-refractivity contribution in [2.75, 3.05) is 39.4 Å². The molecule has 0 aromatic heterocycles. The van der Waals surface area contributed by atoms with Gasteiger partial charge < -0.3 is 19.8 Å². The maximum atomic E-state index is 13.1. The van der Waals surface area contributed by atoms with Crippen molar-refractivity contribution >= 4 is 29.1 Å². The summed E-state index contributed by atoms with van der Waals surface area (Å²) in [7, 11) is 0. The molecule has 2 aliphatic rings. The number of Topliss-reactive ketones (excluding diaryl/α,β-unsaturated/α-hetero) is 1. The highest BCUT2D eigenvalue weighted by Crippen LogP contribution is 2.41. The normalized spacial score (nSPS) is 21.0. The number of halogens is 1. The van der Waals surface area contributed by atoms with Gasteiger partial charge in [-0.05, 0) is 37.1 Å². The van der Waals surface area contributed by atoms with E-state index in [1.165, 1.54) is 23.1 Å². The van der Waals surface area contributed by atoms with Crippen LogP contribution in [0.25, 0.3) is 5.76 Å². The van der Waals surface area contributed by atoms with Crippen molar-refractivity contribution in [1.82, 2.24) is 9.80 Å². The van der Waals surface area contributed by atoms with Gasteiger partial charge in [-0.2, -0.15) is 0 Å². The molecule has 0 saturated carbocycles. The molecule has 1 atom stereocenters. The molecule has 2 heterocycles. The summed E-state index contributed by atoms with van der Waals surface area (Å²) in [4.78, 5) is 29.9. The van der Waals surface area contributed by atoms with Crippen molar-refractivity contribution in [1.29, 1.82) is 0 Å². The van der Waals surface area contributed by atoms with Crippen LogP contribution in [0, 0.1) is 6.92 Å². The Morgan fingerprint density at radius 3 is 2.48 bits per heavy atom. The average molecular weight is 471 g/mol. The van der Waals surface area contributed by atoms with Crippen molar-refractivity contribution in [3.63, 3.8) is 0 Å². The van der Waals surface area contributed by atoms with Gasteiger partial charge in [0.05, 0.1) is 30.4 Å². The summed E-state index contributed by atoms with van der Waals surface area (Å²) in [5.41, 5.74) is 1.73. The van der Waals surface area contributed by atoms with E-state index >= 15 is 0 Å². The highest BCUT2D eigenvalue weighted by Gasteiger charge is 2.46. The first kappa shape index (κ1) is 23.3. The molecule has 2 N–H and O–H groups in total. The first-order valence-corrected chi connectivity index (χ1v) is 11.4. The van der Waals surface area contributed by atoms with Gasteiger partial charge in [-0.3, -0.25) is 14.5 Å². The molecule has 0 bridgehead atoms. The number of ketones is 1. The zero-order valence-electron chi connectivity index (χ0n) is 18.5. The molecule has 1 unspecified atom stereocenters. The zero-order chi connectivity index (χ0) is 23.5. The van der Waals surface area contributed by atoms with Crippen molar-refractivity contribution in [3.8, 4) is 5.75 Å². The monoisotopic (exact) mass is 470 g/mol. The van der Waals surface area contributed by atoms with Crippen LogP contribution in [0.15, 0.2) is 48.0 Å². The maximum Gasteiger partial charge on any atom is 0.295 e. The van der Waals surface area contributed by atoms with E-state index in [0.717, 1.165) is 25.2 Å². The third-order valence-corrected chi connectivity index (χ3v) is 6.36. The van der Waals surface area contributed by atoms with Gasteiger partial charge in [0.2, 0.25) is 0 Å². The van der Waals surface area contributed by atoms with E-state index in [1.54, 1.807) is 0 Å². The Morgan fingerprint density at radius 1 is 1.09 bits per heavy atom. The Labute approximate surface area is 197 Å². The maximum absolute atomic E-state index is 13.1. The molecule has 1 amide bonds. The molecular formula is C25H27ClN2O5. The van der Waals surface area contributed by atoms with Gasteiger partial charge in [-0.1, -0.05) is 41.4 Å². The van der Waals surface area contributed by atoms with Crippen LogP contribution in [0.2, 0.25) is 5.02 Å². The molecule has 4 rings (SSSR count). The third-order valence-electron chi connectivity index (χ3n) is 6.12. The van der Waals surface area contributed by atoms with E-state index in [9.17, 15) is 19.8 Å². The second-order valence-corrected chi connectivity index (χ2v) is 8.81. The lowest BCUT2D eigenvalue weighted by Gasteiger charge is -2.29. The smallest absolute Gasteiger partial charge is 0.295 e. The second-order valence-electron chi connectivity index (χ2n) is 8.37. The average Bonchev–Trinajstić information content (AvgIpc) is 3.06. The van der Waals surface area contributed by atoms with Crippen LogP contribution in [-0.4, -0.2) is 71.1 Å². The van der Waals surface area contributed by atoms with Crippen LogP contribution in [0.1, 0.15) is 29.2 Å². The summed E-state index contributed by atoms with van der Waals surface area (Å²) in [6.45, 7) is 6.16. The molecule has 2 fully saturated rings. The van der Waals surface area contributed by atoms with E-state index in [4.69, 9.17) is 16.3 Å². The highest BCUT2D eigenvalue weighted by atomic mass is 35.5. The highest BCUT2D eigenvalue weighted by molar-refractivity contribution is 6.46. The number of phenolic OH excluding ortho intramolecular Hbond substituents is 1. The minimum absolute atomic E-state index is 0.0194. The van der Waals surface area contributed by atoms with Crippen LogP contribution >= 0.6 is 11.6 Å². The summed E-state index contributed by atoms with van der Waals surface area (Å²) in [6.07, 6.45) is 0.678. The number of likely N-dealkylation sites (tertiary alicyclic amines) is 1. The summed E-state index contributed by atoms with van der Waals surface area (Å²) < 4.78 is 5.38. The Bertz CT molecular complexity index is 1080. The Morgan fingerprint density at radius 2 is 1.79 bits per heavy atom. The lowest BCUT2D eigenvalue weighted by molar-refractivity contribution is -0.140. The number of benzene rings is 2. The summed E-state index contributed by atoms with van der Waals surface area (Å²) in [6, 6.07) is 11.0. The molecule has 2 aliphatic heterocycles. The van der Waals surface area contributed by atoms with E-state index in [-0.39, 0.29) is 16.9 Å². The van der Waals surface area contributed by atoms with Crippen LogP contribution in [-0.2, 0) is 14.3 Å². The predicted molar refractivity (Wildman–Crippen MR) is 125 cm³/mol. The first-order valence-electron chi connectivity index (χ1n) is 11.0. The molecule has 2 aromatic rings. The van der Waals surface area contributed by atoms with Crippen molar-refractivity contribution in [2.45, 2.75) is 19.4 Å². The van der Waals surface area contributed by atoms with Gasteiger partial charge >= 0.3 is 0 Å². The van der Waals surface area contributed by atoms with Gasteiger partial charge in [-0.15, -0.1) is 0 Å². The molecule has 0 radical (unpaired) electrons. The minimum Gasteiger partial charge on any atom is -0.507 e. The van der Waals surface area contributed by atoms with Gasteiger partial charge in [0.25, 0.3) is 11.7 Å². The fraction of sp³-hybridized carbons (Fsp3) is 0.360. The number of aryl methyl sites for hydroxylation is 1. The fourth-order valence-corrected chi connectivity index (χ4v) is 4.51. The Balaban J connectivity index is 1.70. The number of nitrogens with zero attached hydrogens (tertiary/aromatic N) is 2. The third kappa shape index (κ3) is 4.90. The number of ether oxygens (including phenoxy) is 1. The van der Waals surface area contributed by atoms with Crippen LogP contribution in [0.5, 0.6) is 5.75 Å². The molecule has 8 heteroatoms. The molecule has 7 nitrogen and oxygen atoms in total. The quantitative estimate of drug-likeness (QED) is 0.381. The number of aliphatic hydroxyl groups is 1. The molecular weight excluding hydrogens is 444 g/mol. The molecule has 174 valence electrons. The largest absolute Gasteiger partial charge is 0.507 e. The van der Waals surface area contributed by atoms with Crippen LogP contribution < -0.4 is 0 Å². The van der Waals surface area contributed by atoms with Gasteiger partial charge in [0.15, 0.2) is 0 Å². The number of rotatable bonds is 6. The number of aromatic hydroxyl groups is 1. The number of phenols is 1. The number of carbonyl (C=O) groups excluding carboxylic acids is 2. The van der Waals surface area contributed by atoms with Gasteiger partial charge in [0, 0.05) is 31.2 Å². The lowest BCUT2D eigenvalue weighted by Crippen LogP contribution is -2.38. The number of aliphatic hydroxyl groups excluding tert-OH is 1. The molecule has 0 aliphatic carbocycles. The Kier molecular flexibility index (Phi) is 7.02. The standard InChI is InChI=1S/C25H27ClN2O5/c1-16-3-5-17(6-4-16)22-21(23(30)19-15-18(26)7-8-20(19)29)24(31)25(32)28(22)10-2-9-27-11-13-33-14-12-27/h3-8,15,22,29-30H,2,9-14H2,1H3/b23-21+. The SMILES string of the molecule is Cc1ccc(C2/C(=C(\O)c3cc(Cl)ccc3O)C(=O)C(=O)N2CCCN2CCOCC2)cc1. The van der Waals surface area contributed by atoms with Crippen LogP contribution in [0.4, 0.5) is 0 Å². The topological polar surface area (TPSA) is 90.3 Å². The van der Waals surface area contributed by atoms with Crippen molar-refractivity contribution in [3.05, 3.63) is 69.8 Å². The summed E-state index contributed by atoms with van der Waals surface area (Å²) >= 11 is 6.05. The molecule has 33 heavy (non-hydrogen) atoms. The zero-order valence-corrected chi connectivity index (χ0v) is 19.2. The van der Waals surface area contributed by atoms with E-state index < -0.39 is 23.5 Å².